The van der Waals surface area contributed by atoms with E-state index in [2.05, 4.69) is 11.8 Å². The topological polar surface area (TPSA) is 66.6 Å². The number of amides is 3. The molecule has 5 nitrogen and oxygen atoms in total. The Labute approximate surface area is 133 Å². The summed E-state index contributed by atoms with van der Waals surface area (Å²) < 4.78 is 0. The van der Waals surface area contributed by atoms with Crippen molar-refractivity contribution in [3.05, 3.63) is 0 Å². The highest BCUT2D eigenvalue weighted by molar-refractivity contribution is 5.80. The minimum atomic E-state index is -0.356. The molecule has 5 heteroatoms. The van der Waals surface area contributed by atoms with Crippen molar-refractivity contribution in [2.45, 2.75) is 57.9 Å². The second kappa shape index (κ2) is 6.47. The van der Waals surface area contributed by atoms with Crippen LogP contribution in [-0.4, -0.2) is 47.4 Å². The van der Waals surface area contributed by atoms with Crippen LogP contribution in [0, 0.1) is 17.8 Å². The fourth-order valence-electron chi connectivity index (χ4n) is 4.77. The molecule has 0 aromatic carbocycles. The zero-order chi connectivity index (χ0) is 15.7. The first-order valence-electron chi connectivity index (χ1n) is 8.92. The van der Waals surface area contributed by atoms with Crippen LogP contribution in [0.5, 0.6) is 0 Å². The number of likely N-dealkylation sites (tertiary alicyclic amines) is 2. The van der Waals surface area contributed by atoms with Crippen LogP contribution < -0.4 is 5.73 Å². The summed E-state index contributed by atoms with van der Waals surface area (Å²) in [6.07, 6.45) is 7.74. The van der Waals surface area contributed by atoms with E-state index >= 15 is 0 Å². The molecule has 2 N–H and O–H groups in total. The van der Waals surface area contributed by atoms with E-state index in [1.54, 1.807) is 4.90 Å². The van der Waals surface area contributed by atoms with E-state index in [-0.39, 0.29) is 11.9 Å². The molecule has 2 saturated heterocycles. The fourth-order valence-corrected chi connectivity index (χ4v) is 4.77. The minimum Gasteiger partial charge on any atom is -0.351 e. The molecule has 2 heterocycles. The van der Waals surface area contributed by atoms with Gasteiger partial charge in [0.1, 0.15) is 0 Å². The van der Waals surface area contributed by atoms with Crippen molar-refractivity contribution in [1.82, 2.24) is 9.80 Å². The van der Waals surface area contributed by atoms with Gasteiger partial charge < -0.3 is 15.5 Å². The monoisotopic (exact) mass is 307 g/mol. The number of rotatable bonds is 1. The Morgan fingerprint density at radius 3 is 2.32 bits per heavy atom. The number of primary amides is 1. The van der Waals surface area contributed by atoms with Gasteiger partial charge in [0.15, 0.2) is 0 Å². The van der Waals surface area contributed by atoms with Gasteiger partial charge in [-0.1, -0.05) is 19.8 Å². The first-order chi connectivity index (χ1) is 10.6. The lowest BCUT2D eigenvalue weighted by molar-refractivity contribution is -0.144. The van der Waals surface area contributed by atoms with Crippen LogP contribution in [0.3, 0.4) is 0 Å². The lowest BCUT2D eigenvalue weighted by atomic mass is 9.72. The fraction of sp³-hybridized carbons (Fsp3) is 0.882. The molecule has 3 fully saturated rings. The standard InChI is InChI=1S/C17H29N3O2/c1-12-6-11-20(15-5-3-2-4-14(12)15)16(21)13-7-9-19(10-8-13)17(18)22/h12-15H,2-11H2,1H3,(H2,18,22)/t12-,14-,15-/m1/s1. The molecule has 0 aromatic heterocycles. The molecular formula is C17H29N3O2. The highest BCUT2D eigenvalue weighted by atomic mass is 16.2. The van der Waals surface area contributed by atoms with Crippen LogP contribution in [0.1, 0.15) is 51.9 Å². The van der Waals surface area contributed by atoms with Crippen LogP contribution in [0.25, 0.3) is 0 Å². The van der Waals surface area contributed by atoms with Gasteiger partial charge in [-0.15, -0.1) is 0 Å². The molecule has 3 aliphatic rings. The molecule has 3 atom stereocenters. The smallest absolute Gasteiger partial charge is 0.314 e. The maximum absolute atomic E-state index is 13.0. The van der Waals surface area contributed by atoms with Crippen molar-refractivity contribution < 1.29 is 9.59 Å². The number of carbonyl (C=O) groups excluding carboxylic acids is 2. The third kappa shape index (κ3) is 2.95. The van der Waals surface area contributed by atoms with Crippen molar-refractivity contribution in [3.63, 3.8) is 0 Å². The summed E-state index contributed by atoms with van der Waals surface area (Å²) >= 11 is 0. The summed E-state index contributed by atoms with van der Waals surface area (Å²) in [6.45, 7) is 4.54. The van der Waals surface area contributed by atoms with Gasteiger partial charge in [-0.05, 0) is 43.9 Å². The SMILES string of the molecule is C[C@@H]1CCN(C(=O)C2CCN(C(N)=O)CC2)[C@@H]2CCCC[C@H]12. The van der Waals surface area contributed by atoms with Crippen molar-refractivity contribution in [2.75, 3.05) is 19.6 Å². The summed E-state index contributed by atoms with van der Waals surface area (Å²) in [4.78, 5) is 28.1. The number of hydrogen-bond acceptors (Lipinski definition) is 2. The van der Waals surface area contributed by atoms with Gasteiger partial charge in [0.2, 0.25) is 5.91 Å². The van der Waals surface area contributed by atoms with E-state index in [4.69, 9.17) is 5.73 Å². The number of urea groups is 1. The molecular weight excluding hydrogens is 278 g/mol. The third-order valence-electron chi connectivity index (χ3n) is 6.18. The Kier molecular flexibility index (Phi) is 4.59. The minimum absolute atomic E-state index is 0.0894. The maximum Gasteiger partial charge on any atom is 0.314 e. The average molecular weight is 307 g/mol. The highest BCUT2D eigenvalue weighted by Gasteiger charge is 2.41. The van der Waals surface area contributed by atoms with E-state index in [0.29, 0.717) is 31.0 Å². The van der Waals surface area contributed by atoms with Gasteiger partial charge in [0, 0.05) is 31.6 Å². The van der Waals surface area contributed by atoms with Crippen molar-refractivity contribution in [3.8, 4) is 0 Å². The Balaban J connectivity index is 1.63. The highest BCUT2D eigenvalue weighted by Crippen LogP contribution is 2.39. The quantitative estimate of drug-likeness (QED) is 0.807. The predicted molar refractivity (Wildman–Crippen MR) is 85.1 cm³/mol. The van der Waals surface area contributed by atoms with Crippen LogP contribution in [0.2, 0.25) is 0 Å². The van der Waals surface area contributed by atoms with Crippen LogP contribution in [0.4, 0.5) is 4.79 Å². The summed E-state index contributed by atoms with van der Waals surface area (Å²) in [5.41, 5.74) is 5.33. The zero-order valence-electron chi connectivity index (χ0n) is 13.7. The molecule has 0 spiro atoms. The van der Waals surface area contributed by atoms with Crippen LogP contribution >= 0.6 is 0 Å². The molecule has 0 radical (unpaired) electrons. The summed E-state index contributed by atoms with van der Waals surface area (Å²) in [7, 11) is 0. The normalized spacial score (nSPS) is 33.4. The molecule has 1 aliphatic carbocycles. The lowest BCUT2D eigenvalue weighted by Crippen LogP contribution is -2.55. The summed E-state index contributed by atoms with van der Waals surface area (Å²) in [5, 5.41) is 0. The first-order valence-corrected chi connectivity index (χ1v) is 8.92. The second-order valence-corrected chi connectivity index (χ2v) is 7.41. The summed E-state index contributed by atoms with van der Waals surface area (Å²) in [5.74, 6) is 1.89. The number of fused-ring (bicyclic) bond motifs is 1. The van der Waals surface area contributed by atoms with Gasteiger partial charge in [0.25, 0.3) is 0 Å². The number of nitrogens with zero attached hydrogens (tertiary/aromatic N) is 2. The van der Waals surface area contributed by atoms with Crippen LogP contribution in [-0.2, 0) is 4.79 Å². The number of carbonyl (C=O) groups is 2. The molecule has 3 rings (SSSR count). The lowest BCUT2D eigenvalue weighted by Gasteiger charge is -2.48. The first kappa shape index (κ1) is 15.6. The van der Waals surface area contributed by atoms with E-state index in [9.17, 15) is 9.59 Å². The van der Waals surface area contributed by atoms with Gasteiger partial charge in [0.05, 0.1) is 0 Å². The maximum atomic E-state index is 13.0. The molecule has 22 heavy (non-hydrogen) atoms. The molecule has 1 saturated carbocycles. The molecule has 3 amide bonds. The van der Waals surface area contributed by atoms with Crippen LogP contribution in [0.15, 0.2) is 0 Å². The predicted octanol–water partition coefficient (Wildman–Crippen LogP) is 2.20. The molecule has 124 valence electrons. The van der Waals surface area contributed by atoms with Crippen molar-refractivity contribution in [1.29, 1.82) is 0 Å². The van der Waals surface area contributed by atoms with Gasteiger partial charge in [-0.25, -0.2) is 4.79 Å². The second-order valence-electron chi connectivity index (χ2n) is 7.41. The van der Waals surface area contributed by atoms with Gasteiger partial charge in [-0.3, -0.25) is 4.79 Å². The summed E-state index contributed by atoms with van der Waals surface area (Å²) in [6, 6.07) is 0.115. The third-order valence-corrected chi connectivity index (χ3v) is 6.18. The van der Waals surface area contributed by atoms with Crippen molar-refractivity contribution in [2.24, 2.45) is 23.5 Å². The Hall–Kier alpha value is -1.26. The van der Waals surface area contributed by atoms with Crippen molar-refractivity contribution >= 4 is 11.9 Å². The van der Waals surface area contributed by atoms with E-state index in [1.807, 2.05) is 0 Å². The Bertz CT molecular complexity index is 432. The van der Waals surface area contributed by atoms with E-state index < -0.39 is 0 Å². The zero-order valence-corrected chi connectivity index (χ0v) is 13.7. The number of nitrogens with two attached hydrogens (primary N) is 1. The molecule has 0 bridgehead atoms. The molecule has 2 aliphatic heterocycles. The van der Waals surface area contributed by atoms with E-state index in [1.165, 1.54) is 25.7 Å². The van der Waals surface area contributed by atoms with Gasteiger partial charge in [-0.2, -0.15) is 0 Å². The Morgan fingerprint density at radius 2 is 1.64 bits per heavy atom. The molecule has 0 unspecified atom stereocenters. The molecule has 0 aromatic rings. The average Bonchev–Trinajstić information content (AvgIpc) is 2.55. The van der Waals surface area contributed by atoms with Gasteiger partial charge >= 0.3 is 6.03 Å². The largest absolute Gasteiger partial charge is 0.351 e. The number of piperidine rings is 2. The number of hydrogen-bond donors (Lipinski definition) is 1. The Morgan fingerprint density at radius 1 is 0.955 bits per heavy atom. The van der Waals surface area contributed by atoms with E-state index in [0.717, 1.165) is 31.7 Å².